The molecule has 122 valence electrons. The van der Waals surface area contributed by atoms with E-state index in [4.69, 9.17) is 0 Å². The van der Waals surface area contributed by atoms with E-state index in [0.717, 1.165) is 39.0 Å². The summed E-state index contributed by atoms with van der Waals surface area (Å²) >= 11 is 0. The number of nitrogens with zero attached hydrogens (tertiary/aromatic N) is 3. The van der Waals surface area contributed by atoms with Crippen LogP contribution in [0, 0.1) is 0 Å². The number of nitrogens with one attached hydrogen (secondary N) is 1. The molecule has 0 aromatic carbocycles. The predicted octanol–water partition coefficient (Wildman–Crippen LogP) is -0.806. The molecule has 0 aliphatic carbocycles. The lowest BCUT2D eigenvalue weighted by Crippen LogP contribution is -2.53. The molecular formula is C15H30N4O2. The molecule has 2 fully saturated rings. The molecule has 0 aromatic heterocycles. The Balaban J connectivity index is 1.98. The molecule has 2 aliphatic rings. The largest absolute Gasteiger partial charge is 0.392 e. The molecule has 1 amide bonds. The van der Waals surface area contributed by atoms with Gasteiger partial charge in [0.05, 0.1) is 12.1 Å². The zero-order chi connectivity index (χ0) is 15.4. The molecule has 2 rings (SSSR count). The number of piperidine rings is 1. The van der Waals surface area contributed by atoms with Crippen LogP contribution in [0.1, 0.15) is 19.3 Å². The molecule has 6 nitrogen and oxygen atoms in total. The summed E-state index contributed by atoms with van der Waals surface area (Å²) in [4.78, 5) is 19.3. The lowest BCUT2D eigenvalue weighted by atomic mass is 10.0. The molecule has 2 aliphatic heterocycles. The van der Waals surface area contributed by atoms with Crippen LogP contribution in [-0.4, -0.2) is 97.8 Å². The van der Waals surface area contributed by atoms with Gasteiger partial charge in [0.2, 0.25) is 5.91 Å². The van der Waals surface area contributed by atoms with Crippen molar-refractivity contribution in [2.24, 2.45) is 0 Å². The quantitative estimate of drug-likeness (QED) is 0.695. The van der Waals surface area contributed by atoms with E-state index in [1.165, 1.54) is 0 Å². The van der Waals surface area contributed by atoms with E-state index in [1.807, 2.05) is 14.1 Å². The number of likely N-dealkylation sites (N-methyl/N-ethyl adjacent to an activating group) is 1. The minimum absolute atomic E-state index is 0.169. The van der Waals surface area contributed by atoms with Crippen LogP contribution >= 0.6 is 0 Å². The minimum atomic E-state index is -0.382. The summed E-state index contributed by atoms with van der Waals surface area (Å²) in [5.41, 5.74) is 0. The van der Waals surface area contributed by atoms with Crippen LogP contribution in [0.4, 0.5) is 0 Å². The Morgan fingerprint density at radius 1 is 1.29 bits per heavy atom. The highest BCUT2D eigenvalue weighted by Crippen LogP contribution is 2.19. The fourth-order valence-electron chi connectivity index (χ4n) is 3.19. The van der Waals surface area contributed by atoms with Gasteiger partial charge >= 0.3 is 0 Å². The zero-order valence-electron chi connectivity index (χ0n) is 13.6. The number of aliphatic hydroxyl groups excluding tert-OH is 1. The molecule has 0 saturated carbocycles. The second kappa shape index (κ2) is 7.54. The van der Waals surface area contributed by atoms with Gasteiger partial charge in [0.1, 0.15) is 0 Å². The molecule has 6 heteroatoms. The standard InChI is InChI=1S/C15H30N4O2/c1-17(2)8-9-19(12-4-6-18(3)7-5-12)15(21)14-10-13(20)11-16-14/h12-14,16,20H,4-11H2,1-3H3. The molecule has 2 heterocycles. The first kappa shape index (κ1) is 16.7. The van der Waals surface area contributed by atoms with Gasteiger partial charge in [0, 0.05) is 25.7 Å². The van der Waals surface area contributed by atoms with Crippen molar-refractivity contribution in [3.63, 3.8) is 0 Å². The molecule has 0 radical (unpaired) electrons. The van der Waals surface area contributed by atoms with Crippen LogP contribution in [0.5, 0.6) is 0 Å². The van der Waals surface area contributed by atoms with Crippen LogP contribution in [0.15, 0.2) is 0 Å². The number of hydrogen-bond acceptors (Lipinski definition) is 5. The van der Waals surface area contributed by atoms with E-state index in [0.29, 0.717) is 19.0 Å². The Morgan fingerprint density at radius 2 is 1.95 bits per heavy atom. The molecule has 0 bridgehead atoms. The van der Waals surface area contributed by atoms with E-state index < -0.39 is 0 Å². The Labute approximate surface area is 128 Å². The molecule has 2 saturated heterocycles. The van der Waals surface area contributed by atoms with Gasteiger partial charge in [-0.2, -0.15) is 0 Å². The van der Waals surface area contributed by atoms with Gasteiger partial charge < -0.3 is 25.1 Å². The van der Waals surface area contributed by atoms with Gasteiger partial charge in [0.25, 0.3) is 0 Å². The van der Waals surface area contributed by atoms with Crippen molar-refractivity contribution >= 4 is 5.91 Å². The maximum atomic E-state index is 12.8. The number of aliphatic hydroxyl groups is 1. The molecule has 0 spiro atoms. The third-order valence-corrected chi connectivity index (χ3v) is 4.61. The summed E-state index contributed by atoms with van der Waals surface area (Å²) in [5, 5.41) is 12.8. The van der Waals surface area contributed by atoms with Gasteiger partial charge in [-0.25, -0.2) is 0 Å². The SMILES string of the molecule is CN(C)CCN(C(=O)C1CC(O)CN1)C1CCN(C)CC1. The van der Waals surface area contributed by atoms with Gasteiger partial charge in [-0.05, 0) is 53.5 Å². The fourth-order valence-corrected chi connectivity index (χ4v) is 3.19. The second-order valence-corrected chi connectivity index (χ2v) is 6.72. The minimum Gasteiger partial charge on any atom is -0.392 e. The van der Waals surface area contributed by atoms with Gasteiger partial charge in [-0.3, -0.25) is 4.79 Å². The van der Waals surface area contributed by atoms with E-state index in [2.05, 4.69) is 27.1 Å². The summed E-state index contributed by atoms with van der Waals surface area (Å²) in [6, 6.07) is 0.134. The maximum Gasteiger partial charge on any atom is 0.240 e. The van der Waals surface area contributed by atoms with E-state index in [1.54, 1.807) is 0 Å². The summed E-state index contributed by atoms with van der Waals surface area (Å²) in [5.74, 6) is 0.169. The lowest BCUT2D eigenvalue weighted by Gasteiger charge is -2.39. The van der Waals surface area contributed by atoms with E-state index in [-0.39, 0.29) is 18.1 Å². The first-order chi connectivity index (χ1) is 9.97. The first-order valence-corrected chi connectivity index (χ1v) is 8.02. The van der Waals surface area contributed by atoms with Crippen LogP contribution in [-0.2, 0) is 4.79 Å². The average Bonchev–Trinajstić information content (AvgIpc) is 2.87. The third kappa shape index (κ3) is 4.64. The predicted molar refractivity (Wildman–Crippen MR) is 83.2 cm³/mol. The van der Waals surface area contributed by atoms with Gasteiger partial charge in [-0.15, -0.1) is 0 Å². The normalized spacial score (nSPS) is 28.2. The smallest absolute Gasteiger partial charge is 0.240 e. The van der Waals surface area contributed by atoms with Crippen LogP contribution in [0.2, 0.25) is 0 Å². The van der Waals surface area contributed by atoms with Crippen molar-refractivity contribution in [1.82, 2.24) is 20.0 Å². The monoisotopic (exact) mass is 298 g/mol. The molecular weight excluding hydrogens is 268 g/mol. The number of likely N-dealkylation sites (tertiary alicyclic amines) is 1. The Morgan fingerprint density at radius 3 is 2.48 bits per heavy atom. The molecule has 2 atom stereocenters. The summed E-state index contributed by atoms with van der Waals surface area (Å²) in [7, 11) is 6.21. The molecule has 21 heavy (non-hydrogen) atoms. The zero-order valence-corrected chi connectivity index (χ0v) is 13.6. The molecule has 0 aromatic rings. The number of carbonyl (C=O) groups is 1. The highest BCUT2D eigenvalue weighted by molar-refractivity contribution is 5.82. The Bertz CT molecular complexity index is 343. The number of hydrogen-bond donors (Lipinski definition) is 2. The van der Waals surface area contributed by atoms with Crippen molar-refractivity contribution in [1.29, 1.82) is 0 Å². The number of carbonyl (C=O) groups excluding carboxylic acids is 1. The second-order valence-electron chi connectivity index (χ2n) is 6.72. The van der Waals surface area contributed by atoms with Crippen LogP contribution in [0.25, 0.3) is 0 Å². The molecule has 2 unspecified atom stereocenters. The highest BCUT2D eigenvalue weighted by atomic mass is 16.3. The van der Waals surface area contributed by atoms with E-state index >= 15 is 0 Å². The summed E-state index contributed by atoms with van der Waals surface area (Å²) in [6.07, 6.45) is 2.26. The number of rotatable bonds is 5. The van der Waals surface area contributed by atoms with Crippen LogP contribution < -0.4 is 5.32 Å². The van der Waals surface area contributed by atoms with E-state index in [9.17, 15) is 9.90 Å². The first-order valence-electron chi connectivity index (χ1n) is 8.02. The lowest BCUT2D eigenvalue weighted by molar-refractivity contribution is -0.136. The number of β-amino-alcohol motifs (C(OH)–C–C–N with tert-alkyl or cyclic N) is 1. The summed E-state index contributed by atoms with van der Waals surface area (Å²) in [6.45, 7) is 4.29. The van der Waals surface area contributed by atoms with Crippen molar-refractivity contribution in [3.8, 4) is 0 Å². The fraction of sp³-hybridized carbons (Fsp3) is 0.933. The maximum absolute atomic E-state index is 12.8. The number of amides is 1. The van der Waals surface area contributed by atoms with Crippen molar-refractivity contribution in [3.05, 3.63) is 0 Å². The van der Waals surface area contributed by atoms with Crippen LogP contribution in [0.3, 0.4) is 0 Å². The average molecular weight is 298 g/mol. The van der Waals surface area contributed by atoms with Crippen molar-refractivity contribution in [2.45, 2.75) is 37.5 Å². The topological polar surface area (TPSA) is 59.1 Å². The van der Waals surface area contributed by atoms with Crippen molar-refractivity contribution in [2.75, 3.05) is 53.9 Å². The third-order valence-electron chi connectivity index (χ3n) is 4.61. The van der Waals surface area contributed by atoms with Crippen molar-refractivity contribution < 1.29 is 9.90 Å². The summed E-state index contributed by atoms with van der Waals surface area (Å²) < 4.78 is 0. The molecule has 2 N–H and O–H groups in total. The van der Waals surface area contributed by atoms with Gasteiger partial charge in [0.15, 0.2) is 0 Å². The Hall–Kier alpha value is -0.690. The Kier molecular flexibility index (Phi) is 5.98. The highest BCUT2D eigenvalue weighted by Gasteiger charge is 2.35. The van der Waals surface area contributed by atoms with Gasteiger partial charge in [-0.1, -0.05) is 0 Å².